The molecule has 1 fully saturated rings. The van der Waals surface area contributed by atoms with Gasteiger partial charge in [-0.1, -0.05) is 20.8 Å². The van der Waals surface area contributed by atoms with E-state index in [1.807, 2.05) is 25.7 Å². The lowest BCUT2D eigenvalue weighted by molar-refractivity contribution is -0.140. The van der Waals surface area contributed by atoms with Crippen molar-refractivity contribution >= 4 is 18.3 Å². The minimum atomic E-state index is -0.241. The summed E-state index contributed by atoms with van der Waals surface area (Å²) in [4.78, 5) is 13.9. The zero-order chi connectivity index (χ0) is 10.8. The first-order valence-corrected chi connectivity index (χ1v) is 5.44. The zero-order valence-corrected chi connectivity index (χ0v) is 10.8. The van der Waals surface area contributed by atoms with Gasteiger partial charge in [0.05, 0.1) is 0 Å². The number of piperidine rings is 1. The SMILES string of the molecule is CC(C)(C)C(=O)N1CCC(CN)CC1.Cl. The van der Waals surface area contributed by atoms with Crippen LogP contribution in [0.1, 0.15) is 33.6 Å². The monoisotopic (exact) mass is 234 g/mol. The van der Waals surface area contributed by atoms with Crippen molar-refractivity contribution in [3.05, 3.63) is 0 Å². The Labute approximate surface area is 98.8 Å². The number of halogens is 1. The molecule has 1 amide bonds. The van der Waals surface area contributed by atoms with Crippen molar-refractivity contribution in [2.45, 2.75) is 33.6 Å². The molecule has 0 unspecified atom stereocenters. The molecule has 0 aromatic rings. The fourth-order valence-corrected chi connectivity index (χ4v) is 1.85. The van der Waals surface area contributed by atoms with Crippen molar-refractivity contribution in [3.8, 4) is 0 Å². The smallest absolute Gasteiger partial charge is 0.227 e. The number of likely N-dealkylation sites (tertiary alicyclic amines) is 1. The third-order valence-corrected chi connectivity index (χ3v) is 2.88. The maximum absolute atomic E-state index is 11.9. The predicted octanol–water partition coefficient (Wildman–Crippen LogP) is 1.65. The molecule has 0 bridgehead atoms. The number of nitrogens with zero attached hydrogens (tertiary/aromatic N) is 1. The summed E-state index contributed by atoms with van der Waals surface area (Å²) in [6.45, 7) is 8.46. The highest BCUT2D eigenvalue weighted by molar-refractivity contribution is 5.85. The summed E-state index contributed by atoms with van der Waals surface area (Å²) < 4.78 is 0. The molecular formula is C11H23ClN2O. The number of amides is 1. The van der Waals surface area contributed by atoms with Crippen LogP contribution in [0.4, 0.5) is 0 Å². The highest BCUT2D eigenvalue weighted by Crippen LogP contribution is 2.22. The van der Waals surface area contributed by atoms with Crippen molar-refractivity contribution < 1.29 is 4.79 Å². The minimum absolute atomic E-state index is 0. The van der Waals surface area contributed by atoms with Gasteiger partial charge in [-0.2, -0.15) is 0 Å². The van der Waals surface area contributed by atoms with Crippen LogP contribution in [-0.2, 0) is 4.79 Å². The van der Waals surface area contributed by atoms with E-state index in [1.165, 1.54) is 0 Å². The van der Waals surface area contributed by atoms with E-state index in [4.69, 9.17) is 5.73 Å². The third-order valence-electron chi connectivity index (χ3n) is 2.88. The largest absolute Gasteiger partial charge is 0.342 e. The van der Waals surface area contributed by atoms with Gasteiger partial charge in [-0.25, -0.2) is 0 Å². The van der Waals surface area contributed by atoms with Crippen LogP contribution in [0.3, 0.4) is 0 Å². The summed E-state index contributed by atoms with van der Waals surface area (Å²) in [7, 11) is 0. The Morgan fingerprint density at radius 2 is 1.80 bits per heavy atom. The first-order valence-electron chi connectivity index (χ1n) is 5.44. The van der Waals surface area contributed by atoms with E-state index in [0.717, 1.165) is 32.5 Å². The van der Waals surface area contributed by atoms with Gasteiger partial charge >= 0.3 is 0 Å². The van der Waals surface area contributed by atoms with Crippen LogP contribution in [0.2, 0.25) is 0 Å². The van der Waals surface area contributed by atoms with Gasteiger partial charge in [-0.3, -0.25) is 4.79 Å². The molecule has 1 rings (SSSR count). The van der Waals surface area contributed by atoms with E-state index >= 15 is 0 Å². The number of hydrogen-bond donors (Lipinski definition) is 1. The topological polar surface area (TPSA) is 46.3 Å². The summed E-state index contributed by atoms with van der Waals surface area (Å²) in [5.74, 6) is 0.895. The van der Waals surface area contributed by atoms with Gasteiger partial charge < -0.3 is 10.6 Å². The fourth-order valence-electron chi connectivity index (χ4n) is 1.85. The summed E-state index contributed by atoms with van der Waals surface area (Å²) in [5, 5.41) is 0. The molecule has 0 aromatic carbocycles. The summed E-state index contributed by atoms with van der Waals surface area (Å²) in [5.41, 5.74) is 5.37. The molecule has 0 atom stereocenters. The molecule has 1 saturated heterocycles. The highest BCUT2D eigenvalue weighted by Gasteiger charge is 2.29. The lowest BCUT2D eigenvalue weighted by atomic mass is 9.91. The molecule has 3 nitrogen and oxygen atoms in total. The van der Waals surface area contributed by atoms with Crippen molar-refractivity contribution in [2.24, 2.45) is 17.1 Å². The van der Waals surface area contributed by atoms with E-state index in [9.17, 15) is 4.79 Å². The maximum Gasteiger partial charge on any atom is 0.227 e. The molecule has 1 aliphatic heterocycles. The van der Waals surface area contributed by atoms with Gasteiger partial charge in [0, 0.05) is 18.5 Å². The van der Waals surface area contributed by atoms with Crippen molar-refractivity contribution in [1.29, 1.82) is 0 Å². The molecule has 4 heteroatoms. The van der Waals surface area contributed by atoms with Crippen LogP contribution in [-0.4, -0.2) is 30.4 Å². The van der Waals surface area contributed by atoms with Gasteiger partial charge in [-0.05, 0) is 25.3 Å². The minimum Gasteiger partial charge on any atom is -0.342 e. The van der Waals surface area contributed by atoms with Gasteiger partial charge in [-0.15, -0.1) is 12.4 Å². The van der Waals surface area contributed by atoms with E-state index in [-0.39, 0.29) is 23.7 Å². The van der Waals surface area contributed by atoms with Crippen LogP contribution in [0.25, 0.3) is 0 Å². The quantitative estimate of drug-likeness (QED) is 0.750. The first kappa shape index (κ1) is 14.7. The Hall–Kier alpha value is -0.280. The molecule has 0 aliphatic carbocycles. The summed E-state index contributed by atoms with van der Waals surface area (Å²) in [6.07, 6.45) is 2.14. The van der Waals surface area contributed by atoms with Crippen LogP contribution in [0.15, 0.2) is 0 Å². The molecule has 90 valence electrons. The van der Waals surface area contributed by atoms with Crippen molar-refractivity contribution in [3.63, 3.8) is 0 Å². The number of carbonyl (C=O) groups is 1. The molecule has 2 N–H and O–H groups in total. The summed E-state index contributed by atoms with van der Waals surface area (Å²) >= 11 is 0. The van der Waals surface area contributed by atoms with E-state index in [2.05, 4.69) is 0 Å². The Bertz CT molecular complexity index is 205. The standard InChI is InChI=1S/C11H22N2O.ClH/c1-11(2,3)10(14)13-6-4-9(8-12)5-7-13;/h9H,4-8,12H2,1-3H3;1H. The molecule has 0 spiro atoms. The number of carbonyl (C=O) groups excluding carboxylic acids is 1. The van der Waals surface area contributed by atoms with E-state index < -0.39 is 0 Å². The van der Waals surface area contributed by atoms with Crippen LogP contribution in [0, 0.1) is 11.3 Å². The average Bonchev–Trinajstić information content (AvgIpc) is 2.15. The Kier molecular flexibility index (Phi) is 5.60. The van der Waals surface area contributed by atoms with Crippen LogP contribution in [0.5, 0.6) is 0 Å². The highest BCUT2D eigenvalue weighted by atomic mass is 35.5. The van der Waals surface area contributed by atoms with E-state index in [1.54, 1.807) is 0 Å². The first-order chi connectivity index (χ1) is 6.45. The lowest BCUT2D eigenvalue weighted by Gasteiger charge is -2.35. The Balaban J connectivity index is 0.00000196. The molecule has 1 aliphatic rings. The van der Waals surface area contributed by atoms with Crippen molar-refractivity contribution in [2.75, 3.05) is 19.6 Å². The summed E-state index contributed by atoms with van der Waals surface area (Å²) in [6, 6.07) is 0. The lowest BCUT2D eigenvalue weighted by Crippen LogP contribution is -2.45. The second-order valence-corrected chi connectivity index (χ2v) is 5.22. The second kappa shape index (κ2) is 5.71. The number of rotatable bonds is 1. The molecule has 15 heavy (non-hydrogen) atoms. The third kappa shape index (κ3) is 3.99. The predicted molar refractivity (Wildman–Crippen MR) is 65.1 cm³/mol. The van der Waals surface area contributed by atoms with E-state index in [0.29, 0.717) is 5.92 Å². The maximum atomic E-state index is 11.9. The molecule has 0 radical (unpaired) electrons. The van der Waals surface area contributed by atoms with Gasteiger partial charge in [0.15, 0.2) is 0 Å². The average molecular weight is 235 g/mol. The second-order valence-electron chi connectivity index (χ2n) is 5.22. The van der Waals surface area contributed by atoms with Gasteiger partial charge in [0.1, 0.15) is 0 Å². The number of hydrogen-bond acceptors (Lipinski definition) is 2. The van der Waals surface area contributed by atoms with Gasteiger partial charge in [0.25, 0.3) is 0 Å². The Morgan fingerprint density at radius 3 is 2.13 bits per heavy atom. The number of nitrogens with two attached hydrogens (primary N) is 1. The Morgan fingerprint density at radius 1 is 1.33 bits per heavy atom. The molecular weight excluding hydrogens is 212 g/mol. The normalized spacial score (nSPS) is 18.5. The van der Waals surface area contributed by atoms with Gasteiger partial charge in [0.2, 0.25) is 5.91 Å². The van der Waals surface area contributed by atoms with Crippen LogP contribution < -0.4 is 5.73 Å². The molecule has 0 aromatic heterocycles. The zero-order valence-electron chi connectivity index (χ0n) is 9.95. The molecule has 0 saturated carbocycles. The van der Waals surface area contributed by atoms with Crippen LogP contribution >= 0.6 is 12.4 Å². The molecule has 1 heterocycles. The van der Waals surface area contributed by atoms with Crippen molar-refractivity contribution in [1.82, 2.24) is 4.90 Å². The fraction of sp³-hybridized carbons (Fsp3) is 0.909.